The third kappa shape index (κ3) is 5.61. The van der Waals surface area contributed by atoms with E-state index in [1.165, 1.54) is 24.7 Å². The van der Waals surface area contributed by atoms with Crippen LogP contribution in [0.3, 0.4) is 0 Å². The second-order valence-electron chi connectivity index (χ2n) is 8.25. The third-order valence-electron chi connectivity index (χ3n) is 6.23. The monoisotopic (exact) mass is 393 g/mol. The van der Waals surface area contributed by atoms with Gasteiger partial charge in [-0.2, -0.15) is 0 Å². The molecule has 0 bridgehead atoms. The number of hydrogen-bond donors (Lipinski definition) is 1. The summed E-state index contributed by atoms with van der Waals surface area (Å²) < 4.78 is 0. The molecule has 1 atom stereocenters. The molecule has 0 aliphatic carbocycles. The summed E-state index contributed by atoms with van der Waals surface area (Å²) in [6.07, 6.45) is 7.72. The SMILES string of the molecule is O=C(NCc1ccncn1)C1CCCN(C2CCN(Cc3ccccc3)CC2)C1. The zero-order chi connectivity index (χ0) is 19.9. The first-order valence-electron chi connectivity index (χ1n) is 10.8. The number of likely N-dealkylation sites (tertiary alicyclic amines) is 2. The van der Waals surface area contributed by atoms with E-state index >= 15 is 0 Å². The van der Waals surface area contributed by atoms with E-state index in [-0.39, 0.29) is 11.8 Å². The van der Waals surface area contributed by atoms with Crippen molar-refractivity contribution in [2.45, 2.75) is 44.8 Å². The number of rotatable bonds is 6. The average Bonchev–Trinajstić information content (AvgIpc) is 2.79. The maximum atomic E-state index is 12.7. The largest absolute Gasteiger partial charge is 0.350 e. The van der Waals surface area contributed by atoms with Gasteiger partial charge < -0.3 is 5.32 Å². The fourth-order valence-electron chi connectivity index (χ4n) is 4.58. The van der Waals surface area contributed by atoms with Crippen LogP contribution in [0, 0.1) is 5.92 Å². The van der Waals surface area contributed by atoms with Crippen molar-refractivity contribution in [3.8, 4) is 0 Å². The minimum Gasteiger partial charge on any atom is -0.350 e. The summed E-state index contributed by atoms with van der Waals surface area (Å²) in [5, 5.41) is 3.06. The normalized spacial score (nSPS) is 21.7. The Morgan fingerprint density at radius 2 is 1.90 bits per heavy atom. The molecule has 1 aromatic heterocycles. The Labute approximate surface area is 173 Å². The van der Waals surface area contributed by atoms with Gasteiger partial charge in [-0.25, -0.2) is 9.97 Å². The second-order valence-corrected chi connectivity index (χ2v) is 8.25. The number of nitrogens with one attached hydrogen (secondary N) is 1. The maximum absolute atomic E-state index is 12.7. The third-order valence-corrected chi connectivity index (χ3v) is 6.23. The van der Waals surface area contributed by atoms with Crippen molar-refractivity contribution < 1.29 is 4.79 Å². The van der Waals surface area contributed by atoms with Crippen LogP contribution in [0.25, 0.3) is 0 Å². The first-order valence-corrected chi connectivity index (χ1v) is 10.8. The fourth-order valence-corrected chi connectivity index (χ4v) is 4.58. The van der Waals surface area contributed by atoms with E-state index in [0.717, 1.165) is 51.3 Å². The van der Waals surface area contributed by atoms with Crippen molar-refractivity contribution in [3.63, 3.8) is 0 Å². The lowest BCUT2D eigenvalue weighted by Crippen LogP contribution is -2.50. The zero-order valence-electron chi connectivity index (χ0n) is 17.0. The number of aromatic nitrogens is 2. The molecule has 0 spiro atoms. The molecule has 2 saturated heterocycles. The summed E-state index contributed by atoms with van der Waals surface area (Å²) in [5.74, 6) is 0.253. The van der Waals surface area contributed by atoms with Gasteiger partial charge >= 0.3 is 0 Å². The van der Waals surface area contributed by atoms with Gasteiger partial charge in [-0.05, 0) is 56.9 Å². The number of carbonyl (C=O) groups excluding carboxylic acids is 1. The smallest absolute Gasteiger partial charge is 0.224 e. The quantitative estimate of drug-likeness (QED) is 0.817. The highest BCUT2D eigenvalue weighted by atomic mass is 16.1. The lowest BCUT2D eigenvalue weighted by atomic mass is 9.93. The summed E-state index contributed by atoms with van der Waals surface area (Å²) in [6.45, 7) is 5.82. The van der Waals surface area contributed by atoms with Gasteiger partial charge in [0, 0.05) is 25.3 Å². The van der Waals surface area contributed by atoms with E-state index in [1.54, 1.807) is 6.20 Å². The van der Waals surface area contributed by atoms with E-state index in [2.05, 4.69) is 55.4 Å². The van der Waals surface area contributed by atoms with Crippen LogP contribution in [0.15, 0.2) is 48.9 Å². The van der Waals surface area contributed by atoms with Crippen molar-refractivity contribution >= 4 is 5.91 Å². The predicted molar refractivity (Wildman–Crippen MR) is 113 cm³/mol. The summed E-state index contributed by atoms with van der Waals surface area (Å²) in [6, 6.07) is 13.2. The molecule has 0 saturated carbocycles. The van der Waals surface area contributed by atoms with Crippen LogP contribution in [-0.4, -0.2) is 57.9 Å². The number of hydrogen-bond acceptors (Lipinski definition) is 5. The molecule has 1 aromatic carbocycles. The van der Waals surface area contributed by atoms with E-state index in [0.29, 0.717) is 12.6 Å². The van der Waals surface area contributed by atoms with Crippen LogP contribution in [0.5, 0.6) is 0 Å². The number of benzene rings is 1. The van der Waals surface area contributed by atoms with Gasteiger partial charge in [0.05, 0.1) is 18.2 Å². The van der Waals surface area contributed by atoms with Crippen LogP contribution in [0.1, 0.15) is 36.9 Å². The zero-order valence-corrected chi connectivity index (χ0v) is 17.0. The van der Waals surface area contributed by atoms with Crippen molar-refractivity contribution in [1.82, 2.24) is 25.1 Å². The van der Waals surface area contributed by atoms with E-state index < -0.39 is 0 Å². The van der Waals surface area contributed by atoms with Crippen LogP contribution in [0.2, 0.25) is 0 Å². The topological polar surface area (TPSA) is 61.4 Å². The summed E-state index contributed by atoms with van der Waals surface area (Å²) in [4.78, 5) is 25.9. The molecular weight excluding hydrogens is 362 g/mol. The van der Waals surface area contributed by atoms with Gasteiger partial charge in [-0.15, -0.1) is 0 Å². The summed E-state index contributed by atoms with van der Waals surface area (Å²) in [7, 11) is 0. The Morgan fingerprint density at radius 3 is 2.66 bits per heavy atom. The molecule has 1 N–H and O–H groups in total. The minimum atomic E-state index is 0.0907. The molecule has 2 aromatic rings. The molecule has 2 fully saturated rings. The molecule has 1 amide bonds. The number of carbonyl (C=O) groups is 1. The highest BCUT2D eigenvalue weighted by molar-refractivity contribution is 5.78. The van der Waals surface area contributed by atoms with Gasteiger partial charge in [-0.3, -0.25) is 14.6 Å². The maximum Gasteiger partial charge on any atom is 0.224 e. The second kappa shape index (κ2) is 9.94. The molecule has 154 valence electrons. The predicted octanol–water partition coefficient (Wildman–Crippen LogP) is 2.47. The van der Waals surface area contributed by atoms with E-state index in [9.17, 15) is 4.79 Å². The Morgan fingerprint density at radius 1 is 1.07 bits per heavy atom. The van der Waals surface area contributed by atoms with Crippen molar-refractivity contribution in [2.24, 2.45) is 5.92 Å². The van der Waals surface area contributed by atoms with Crippen LogP contribution in [0.4, 0.5) is 0 Å². The summed E-state index contributed by atoms with van der Waals surface area (Å²) in [5.41, 5.74) is 2.25. The van der Waals surface area contributed by atoms with Crippen LogP contribution in [-0.2, 0) is 17.9 Å². The standard InChI is InChI=1S/C23H31N5O/c29-23(25-15-21-8-11-24-18-26-21)20-7-4-12-28(17-20)22-9-13-27(14-10-22)16-19-5-2-1-3-6-19/h1-3,5-6,8,11,18,20,22H,4,7,9-10,12-17H2,(H,25,29). The first-order chi connectivity index (χ1) is 14.3. The van der Waals surface area contributed by atoms with Gasteiger partial charge in [0.1, 0.15) is 6.33 Å². The molecule has 3 heterocycles. The number of nitrogens with zero attached hydrogens (tertiary/aromatic N) is 4. The van der Waals surface area contributed by atoms with Crippen molar-refractivity contribution in [1.29, 1.82) is 0 Å². The molecule has 4 rings (SSSR count). The highest BCUT2D eigenvalue weighted by Crippen LogP contribution is 2.24. The van der Waals surface area contributed by atoms with Gasteiger partial charge in [0.2, 0.25) is 5.91 Å². The minimum absolute atomic E-state index is 0.0907. The molecule has 29 heavy (non-hydrogen) atoms. The molecule has 1 unspecified atom stereocenters. The Kier molecular flexibility index (Phi) is 6.85. The number of piperidine rings is 2. The van der Waals surface area contributed by atoms with E-state index in [4.69, 9.17) is 0 Å². The van der Waals surface area contributed by atoms with E-state index in [1.807, 2.05) is 6.07 Å². The van der Waals surface area contributed by atoms with Crippen LogP contribution < -0.4 is 5.32 Å². The van der Waals surface area contributed by atoms with Crippen LogP contribution >= 0.6 is 0 Å². The Bertz CT molecular complexity index is 761. The lowest BCUT2D eigenvalue weighted by molar-refractivity contribution is -0.127. The molecule has 6 nitrogen and oxygen atoms in total. The van der Waals surface area contributed by atoms with Crippen molar-refractivity contribution in [2.75, 3.05) is 26.2 Å². The van der Waals surface area contributed by atoms with Crippen molar-refractivity contribution in [3.05, 3.63) is 60.2 Å². The van der Waals surface area contributed by atoms with Gasteiger partial charge in [0.25, 0.3) is 0 Å². The summed E-state index contributed by atoms with van der Waals surface area (Å²) >= 11 is 0. The molecule has 2 aliphatic rings. The molecule has 0 radical (unpaired) electrons. The molecule has 6 heteroatoms. The lowest BCUT2D eigenvalue weighted by Gasteiger charge is -2.42. The highest BCUT2D eigenvalue weighted by Gasteiger charge is 2.31. The van der Waals surface area contributed by atoms with Gasteiger partial charge in [-0.1, -0.05) is 30.3 Å². The average molecular weight is 394 g/mol. The van der Waals surface area contributed by atoms with Gasteiger partial charge in [0.15, 0.2) is 0 Å². The molecule has 2 aliphatic heterocycles. The fraction of sp³-hybridized carbons (Fsp3) is 0.522. The Hall–Kier alpha value is -2.31. The molecular formula is C23H31N5O. The first kappa shape index (κ1) is 20.0. The number of amides is 1. The Balaban J connectivity index is 1.23.